The summed E-state index contributed by atoms with van der Waals surface area (Å²) < 4.78 is 11.2. The number of halogens is 1. The van der Waals surface area contributed by atoms with Crippen molar-refractivity contribution >= 4 is 15.9 Å². The summed E-state index contributed by atoms with van der Waals surface area (Å²) in [4.78, 5) is 2.40. The van der Waals surface area contributed by atoms with E-state index in [-0.39, 0.29) is 5.75 Å². The Morgan fingerprint density at radius 3 is 2.58 bits per heavy atom. The molecule has 1 heterocycles. The van der Waals surface area contributed by atoms with E-state index in [0.29, 0.717) is 16.3 Å². The van der Waals surface area contributed by atoms with Gasteiger partial charge in [-0.15, -0.1) is 0 Å². The minimum atomic E-state index is 0.157. The smallest absolute Gasteiger partial charge is 0.172 e. The van der Waals surface area contributed by atoms with Crippen LogP contribution in [-0.2, 0) is 11.3 Å². The zero-order valence-corrected chi connectivity index (χ0v) is 12.9. The molecular formula is C14H20BrNO3. The number of hydrogen-bond acceptors (Lipinski definition) is 4. The highest BCUT2D eigenvalue weighted by atomic mass is 79.9. The van der Waals surface area contributed by atoms with Crippen molar-refractivity contribution in [2.75, 3.05) is 27.3 Å². The van der Waals surface area contributed by atoms with Crippen LogP contribution in [0.3, 0.4) is 0 Å². The first kappa shape index (κ1) is 14.6. The minimum Gasteiger partial charge on any atom is -0.503 e. The Morgan fingerprint density at radius 1 is 1.32 bits per heavy atom. The van der Waals surface area contributed by atoms with Gasteiger partial charge in [0.05, 0.1) is 17.7 Å². The second kappa shape index (κ2) is 6.59. The predicted molar refractivity (Wildman–Crippen MR) is 77.7 cm³/mol. The molecule has 0 aromatic heterocycles. The van der Waals surface area contributed by atoms with E-state index in [4.69, 9.17) is 9.47 Å². The molecule has 1 aromatic rings. The predicted octanol–water partition coefficient (Wildman–Crippen LogP) is 2.77. The van der Waals surface area contributed by atoms with Gasteiger partial charge in [-0.05, 0) is 46.5 Å². The third-order valence-corrected chi connectivity index (χ3v) is 4.19. The molecule has 0 atom stereocenters. The van der Waals surface area contributed by atoms with Crippen LogP contribution in [0.25, 0.3) is 0 Å². The monoisotopic (exact) mass is 329 g/mol. The second-order valence-electron chi connectivity index (χ2n) is 4.84. The molecule has 1 aliphatic heterocycles. The van der Waals surface area contributed by atoms with Crippen molar-refractivity contribution in [3.63, 3.8) is 0 Å². The van der Waals surface area contributed by atoms with Gasteiger partial charge < -0.3 is 14.6 Å². The first-order chi connectivity index (χ1) is 9.13. The molecule has 0 unspecified atom stereocenters. The van der Waals surface area contributed by atoms with E-state index in [1.807, 2.05) is 12.1 Å². The number of rotatable bonds is 4. The molecule has 1 saturated heterocycles. The van der Waals surface area contributed by atoms with Gasteiger partial charge in [0.1, 0.15) is 0 Å². The summed E-state index contributed by atoms with van der Waals surface area (Å²) in [6.45, 7) is 2.95. The fourth-order valence-electron chi connectivity index (χ4n) is 2.44. The molecule has 4 nitrogen and oxygen atoms in total. The van der Waals surface area contributed by atoms with E-state index in [1.165, 1.54) is 0 Å². The Hall–Kier alpha value is -0.780. The van der Waals surface area contributed by atoms with E-state index in [9.17, 15) is 5.11 Å². The molecule has 0 saturated carbocycles. The summed E-state index contributed by atoms with van der Waals surface area (Å²) in [5.41, 5.74) is 1.14. The highest BCUT2D eigenvalue weighted by molar-refractivity contribution is 9.10. The van der Waals surface area contributed by atoms with Crippen molar-refractivity contribution in [3.05, 3.63) is 22.2 Å². The maximum absolute atomic E-state index is 9.79. The minimum absolute atomic E-state index is 0.157. The summed E-state index contributed by atoms with van der Waals surface area (Å²) in [7, 11) is 3.34. The molecule has 2 rings (SSSR count). The van der Waals surface area contributed by atoms with Gasteiger partial charge in [0, 0.05) is 26.7 Å². The van der Waals surface area contributed by atoms with E-state index in [1.54, 1.807) is 14.2 Å². The molecule has 1 N–H and O–H groups in total. The molecule has 19 heavy (non-hydrogen) atoms. The largest absolute Gasteiger partial charge is 0.503 e. The summed E-state index contributed by atoms with van der Waals surface area (Å²) in [6, 6.07) is 3.84. The van der Waals surface area contributed by atoms with Gasteiger partial charge in [-0.25, -0.2) is 0 Å². The van der Waals surface area contributed by atoms with Crippen LogP contribution in [0.2, 0.25) is 0 Å². The van der Waals surface area contributed by atoms with Crippen LogP contribution in [0.15, 0.2) is 16.6 Å². The Morgan fingerprint density at radius 2 is 2.00 bits per heavy atom. The van der Waals surface area contributed by atoms with Gasteiger partial charge in [0.15, 0.2) is 11.5 Å². The van der Waals surface area contributed by atoms with Crippen LogP contribution in [0.1, 0.15) is 18.4 Å². The molecule has 0 amide bonds. The van der Waals surface area contributed by atoms with Gasteiger partial charge in [0.2, 0.25) is 0 Å². The fourth-order valence-corrected chi connectivity index (χ4v) is 2.92. The number of likely N-dealkylation sites (tertiary alicyclic amines) is 1. The van der Waals surface area contributed by atoms with Crippen LogP contribution in [0, 0.1) is 0 Å². The summed E-state index contributed by atoms with van der Waals surface area (Å²) in [5, 5.41) is 9.79. The molecule has 0 bridgehead atoms. The van der Waals surface area contributed by atoms with Crippen LogP contribution >= 0.6 is 15.9 Å². The van der Waals surface area contributed by atoms with Gasteiger partial charge in [0.25, 0.3) is 0 Å². The van der Waals surface area contributed by atoms with Gasteiger partial charge in [-0.1, -0.05) is 0 Å². The lowest BCUT2D eigenvalue weighted by Crippen LogP contribution is -2.36. The lowest BCUT2D eigenvalue weighted by Gasteiger charge is -2.31. The molecule has 0 radical (unpaired) electrons. The summed E-state index contributed by atoms with van der Waals surface area (Å²) >= 11 is 3.35. The quantitative estimate of drug-likeness (QED) is 0.922. The second-order valence-corrected chi connectivity index (χ2v) is 5.69. The molecule has 5 heteroatoms. The van der Waals surface area contributed by atoms with Gasteiger partial charge in [-0.2, -0.15) is 0 Å². The van der Waals surface area contributed by atoms with Crippen LogP contribution in [-0.4, -0.2) is 43.4 Å². The third kappa shape index (κ3) is 3.61. The van der Waals surface area contributed by atoms with Crippen molar-refractivity contribution in [3.8, 4) is 11.5 Å². The number of benzene rings is 1. The molecule has 0 aliphatic carbocycles. The number of methoxy groups -OCH3 is 2. The first-order valence-corrected chi connectivity index (χ1v) is 7.24. The Balaban J connectivity index is 2.02. The van der Waals surface area contributed by atoms with E-state index in [2.05, 4.69) is 20.8 Å². The maximum atomic E-state index is 9.79. The molecule has 0 spiro atoms. The highest BCUT2D eigenvalue weighted by Gasteiger charge is 2.19. The maximum Gasteiger partial charge on any atom is 0.172 e. The average Bonchev–Trinajstić information content (AvgIpc) is 2.43. The van der Waals surface area contributed by atoms with Gasteiger partial charge >= 0.3 is 0 Å². The molecule has 106 valence electrons. The molecular weight excluding hydrogens is 310 g/mol. The number of phenolic OH excluding ortho intramolecular Hbond substituents is 1. The van der Waals surface area contributed by atoms with E-state index in [0.717, 1.165) is 38.0 Å². The normalized spacial score (nSPS) is 17.6. The van der Waals surface area contributed by atoms with Crippen molar-refractivity contribution in [2.45, 2.75) is 25.5 Å². The number of ether oxygens (including phenoxy) is 2. The lowest BCUT2D eigenvalue weighted by molar-refractivity contribution is 0.0388. The topological polar surface area (TPSA) is 41.9 Å². The van der Waals surface area contributed by atoms with E-state index < -0.39 is 0 Å². The Bertz CT molecular complexity index is 431. The van der Waals surface area contributed by atoms with Crippen LogP contribution < -0.4 is 4.74 Å². The Kier molecular flexibility index (Phi) is 5.07. The number of aromatic hydroxyl groups is 1. The average molecular weight is 330 g/mol. The zero-order valence-electron chi connectivity index (χ0n) is 11.4. The zero-order chi connectivity index (χ0) is 13.8. The van der Waals surface area contributed by atoms with Crippen LogP contribution in [0.5, 0.6) is 11.5 Å². The molecule has 1 aromatic carbocycles. The number of piperidine rings is 1. The lowest BCUT2D eigenvalue weighted by atomic mass is 10.1. The van der Waals surface area contributed by atoms with Crippen molar-refractivity contribution in [1.82, 2.24) is 4.90 Å². The number of nitrogens with zero attached hydrogens (tertiary/aromatic N) is 1. The SMILES string of the molecule is COc1cc(CN2CCC(OC)CC2)cc(Br)c1O. The third-order valence-electron chi connectivity index (χ3n) is 3.58. The summed E-state index contributed by atoms with van der Waals surface area (Å²) in [6.07, 6.45) is 2.55. The van der Waals surface area contributed by atoms with Gasteiger partial charge in [-0.3, -0.25) is 4.90 Å². The van der Waals surface area contributed by atoms with Crippen molar-refractivity contribution in [2.24, 2.45) is 0 Å². The molecule has 1 aliphatic rings. The van der Waals surface area contributed by atoms with Crippen LogP contribution in [0.4, 0.5) is 0 Å². The van der Waals surface area contributed by atoms with Crippen molar-refractivity contribution in [1.29, 1.82) is 0 Å². The van der Waals surface area contributed by atoms with E-state index >= 15 is 0 Å². The van der Waals surface area contributed by atoms with Crippen molar-refractivity contribution < 1.29 is 14.6 Å². The molecule has 1 fully saturated rings. The Labute approximate surface area is 122 Å². The number of phenols is 1. The highest BCUT2D eigenvalue weighted by Crippen LogP contribution is 2.35. The standard InChI is InChI=1S/C14H20BrNO3/c1-18-11-3-5-16(6-4-11)9-10-7-12(15)14(17)13(8-10)19-2/h7-8,11,17H,3-6,9H2,1-2H3. The summed E-state index contributed by atoms with van der Waals surface area (Å²) in [5.74, 6) is 0.667. The fraction of sp³-hybridized carbons (Fsp3) is 0.571. The first-order valence-electron chi connectivity index (χ1n) is 6.44. The number of hydrogen-bond donors (Lipinski definition) is 1.